The van der Waals surface area contributed by atoms with Crippen LogP contribution in [-0.2, 0) is 27.3 Å². The predicted octanol–water partition coefficient (Wildman–Crippen LogP) is 2.47. The Morgan fingerprint density at radius 2 is 1.70 bits per heavy atom. The number of nitrogens with zero attached hydrogens (tertiary/aromatic N) is 2. The summed E-state index contributed by atoms with van der Waals surface area (Å²) in [5.41, 5.74) is 2.80. The topological polar surface area (TPSA) is 77.9 Å². The first kappa shape index (κ1) is 18.6. The molecular weight excluding hydrogens is 344 g/mol. The Labute approximate surface area is 158 Å². The predicted molar refractivity (Wildman–Crippen MR) is 101 cm³/mol. The van der Waals surface area contributed by atoms with E-state index in [1.165, 1.54) is 4.90 Å². The van der Waals surface area contributed by atoms with Crippen LogP contribution in [0.15, 0.2) is 54.6 Å². The Kier molecular flexibility index (Phi) is 5.86. The number of carboxylic acids is 1. The second-order valence-corrected chi connectivity index (χ2v) is 6.55. The first-order valence-corrected chi connectivity index (χ1v) is 8.96. The van der Waals surface area contributed by atoms with Crippen molar-refractivity contribution in [1.29, 1.82) is 0 Å². The molecule has 3 rings (SSSR count). The molecule has 6 nitrogen and oxygen atoms in total. The van der Waals surface area contributed by atoms with Gasteiger partial charge in [-0.05, 0) is 23.6 Å². The number of carboxylic acid groups (broad SMARTS) is 1. The van der Waals surface area contributed by atoms with Crippen LogP contribution in [0, 0.1) is 0 Å². The van der Waals surface area contributed by atoms with Crippen molar-refractivity contribution in [2.45, 2.75) is 25.8 Å². The van der Waals surface area contributed by atoms with Crippen LogP contribution in [0.4, 0.5) is 5.69 Å². The summed E-state index contributed by atoms with van der Waals surface area (Å²) in [5.74, 6) is -1.34. The minimum atomic E-state index is -1.06. The molecule has 1 aliphatic rings. The molecule has 0 saturated heterocycles. The van der Waals surface area contributed by atoms with E-state index in [1.807, 2.05) is 54.6 Å². The number of aliphatic carboxylic acids is 1. The van der Waals surface area contributed by atoms with Gasteiger partial charge in [0.25, 0.3) is 0 Å². The maximum absolute atomic E-state index is 12.7. The minimum Gasteiger partial charge on any atom is -0.480 e. The number of para-hydroxylation sites is 1. The van der Waals surface area contributed by atoms with Crippen molar-refractivity contribution in [1.82, 2.24) is 4.90 Å². The number of fused-ring (bicyclic) bond motifs is 1. The Bertz CT molecular complexity index is 835. The van der Waals surface area contributed by atoms with E-state index in [1.54, 1.807) is 4.90 Å². The summed E-state index contributed by atoms with van der Waals surface area (Å²) in [7, 11) is 0. The van der Waals surface area contributed by atoms with Crippen molar-refractivity contribution in [2.75, 3.05) is 18.0 Å². The number of anilines is 1. The molecule has 2 aromatic carbocycles. The van der Waals surface area contributed by atoms with E-state index in [2.05, 4.69) is 0 Å². The lowest BCUT2D eigenvalue weighted by atomic mass is 10.0. The molecule has 0 bridgehead atoms. The highest BCUT2D eigenvalue weighted by Crippen LogP contribution is 2.27. The molecule has 1 aliphatic heterocycles. The SMILES string of the molecule is O=C(O)CN(Cc1ccccc1)C(=O)CCN1C(=O)CCc2ccccc21. The van der Waals surface area contributed by atoms with Gasteiger partial charge in [0.15, 0.2) is 0 Å². The number of carbonyl (C=O) groups excluding carboxylic acids is 2. The molecule has 0 aliphatic carbocycles. The molecule has 0 radical (unpaired) electrons. The van der Waals surface area contributed by atoms with Crippen LogP contribution in [0.3, 0.4) is 0 Å². The molecule has 0 saturated carbocycles. The van der Waals surface area contributed by atoms with Crippen LogP contribution in [0.25, 0.3) is 0 Å². The van der Waals surface area contributed by atoms with Crippen molar-refractivity contribution in [3.8, 4) is 0 Å². The minimum absolute atomic E-state index is 0.00524. The van der Waals surface area contributed by atoms with Gasteiger partial charge in [-0.1, -0.05) is 48.5 Å². The van der Waals surface area contributed by atoms with E-state index in [-0.39, 0.29) is 37.9 Å². The highest BCUT2D eigenvalue weighted by atomic mass is 16.4. The van der Waals surface area contributed by atoms with Crippen molar-refractivity contribution < 1.29 is 19.5 Å². The lowest BCUT2D eigenvalue weighted by Gasteiger charge is -2.30. The number of hydrogen-bond acceptors (Lipinski definition) is 3. The molecule has 2 amide bonds. The molecule has 0 unspecified atom stereocenters. The normalized spacial score (nSPS) is 13.2. The molecular formula is C21H22N2O4. The lowest BCUT2D eigenvalue weighted by Crippen LogP contribution is -2.40. The van der Waals surface area contributed by atoms with Crippen LogP contribution in [-0.4, -0.2) is 40.9 Å². The van der Waals surface area contributed by atoms with E-state index in [4.69, 9.17) is 5.11 Å². The summed E-state index contributed by atoms with van der Waals surface area (Å²) < 4.78 is 0. The van der Waals surface area contributed by atoms with E-state index >= 15 is 0 Å². The van der Waals surface area contributed by atoms with Crippen LogP contribution >= 0.6 is 0 Å². The molecule has 1 N–H and O–H groups in total. The zero-order chi connectivity index (χ0) is 19.2. The third-order valence-electron chi connectivity index (χ3n) is 4.64. The standard InChI is InChI=1S/C21H22N2O4/c24-19(22(15-21(26)27)14-16-6-2-1-3-7-16)12-13-23-18-9-5-4-8-17(18)10-11-20(23)25/h1-9H,10-15H2,(H,26,27). The van der Waals surface area contributed by atoms with Gasteiger partial charge in [-0.2, -0.15) is 0 Å². The molecule has 27 heavy (non-hydrogen) atoms. The monoisotopic (exact) mass is 366 g/mol. The van der Waals surface area contributed by atoms with E-state index < -0.39 is 5.97 Å². The molecule has 0 atom stereocenters. The molecule has 1 heterocycles. The zero-order valence-electron chi connectivity index (χ0n) is 15.0. The van der Waals surface area contributed by atoms with E-state index in [9.17, 15) is 14.4 Å². The van der Waals surface area contributed by atoms with Crippen molar-refractivity contribution in [2.24, 2.45) is 0 Å². The average molecular weight is 366 g/mol. The third kappa shape index (κ3) is 4.73. The molecule has 140 valence electrons. The first-order valence-electron chi connectivity index (χ1n) is 8.96. The van der Waals surface area contributed by atoms with Gasteiger partial charge in [0.2, 0.25) is 11.8 Å². The quantitative estimate of drug-likeness (QED) is 0.817. The second-order valence-electron chi connectivity index (χ2n) is 6.55. The summed E-state index contributed by atoms with van der Waals surface area (Å²) in [6, 6.07) is 17.0. The molecule has 0 spiro atoms. The van der Waals surface area contributed by atoms with Crippen molar-refractivity contribution in [3.05, 3.63) is 65.7 Å². The smallest absolute Gasteiger partial charge is 0.323 e. The van der Waals surface area contributed by atoms with Gasteiger partial charge in [-0.25, -0.2) is 0 Å². The number of carbonyl (C=O) groups is 3. The van der Waals surface area contributed by atoms with Crippen LogP contribution < -0.4 is 4.90 Å². The van der Waals surface area contributed by atoms with Gasteiger partial charge in [0.1, 0.15) is 6.54 Å². The summed E-state index contributed by atoms with van der Waals surface area (Å²) in [4.78, 5) is 39.1. The van der Waals surface area contributed by atoms with Crippen LogP contribution in [0.1, 0.15) is 24.0 Å². The number of benzene rings is 2. The van der Waals surface area contributed by atoms with Crippen molar-refractivity contribution in [3.63, 3.8) is 0 Å². The molecule has 0 fully saturated rings. The van der Waals surface area contributed by atoms with Gasteiger partial charge in [0.05, 0.1) is 0 Å². The fourth-order valence-corrected chi connectivity index (χ4v) is 3.31. The van der Waals surface area contributed by atoms with Gasteiger partial charge < -0.3 is 14.9 Å². The highest BCUT2D eigenvalue weighted by Gasteiger charge is 2.25. The number of aryl methyl sites for hydroxylation is 1. The van der Waals surface area contributed by atoms with Crippen molar-refractivity contribution >= 4 is 23.5 Å². The van der Waals surface area contributed by atoms with Gasteiger partial charge >= 0.3 is 5.97 Å². The number of hydrogen-bond donors (Lipinski definition) is 1. The van der Waals surface area contributed by atoms with Crippen LogP contribution in [0.5, 0.6) is 0 Å². The number of rotatable bonds is 7. The maximum Gasteiger partial charge on any atom is 0.323 e. The molecule has 0 aromatic heterocycles. The fourth-order valence-electron chi connectivity index (χ4n) is 3.31. The second kappa shape index (κ2) is 8.49. The third-order valence-corrected chi connectivity index (χ3v) is 4.64. The summed E-state index contributed by atoms with van der Waals surface area (Å²) in [5, 5.41) is 9.14. The van der Waals surface area contributed by atoms with Gasteiger partial charge in [-0.3, -0.25) is 14.4 Å². The summed E-state index contributed by atoms with van der Waals surface area (Å²) >= 11 is 0. The van der Waals surface area contributed by atoms with Crippen LogP contribution in [0.2, 0.25) is 0 Å². The largest absolute Gasteiger partial charge is 0.480 e. The summed E-state index contributed by atoms with van der Waals surface area (Å²) in [6.45, 7) is 0.119. The van der Waals surface area contributed by atoms with E-state index in [0.717, 1.165) is 16.8 Å². The lowest BCUT2D eigenvalue weighted by molar-refractivity contribution is -0.144. The first-order chi connectivity index (χ1) is 13.0. The fraction of sp³-hybridized carbons (Fsp3) is 0.286. The van der Waals surface area contributed by atoms with Gasteiger partial charge in [-0.15, -0.1) is 0 Å². The Morgan fingerprint density at radius 1 is 1.00 bits per heavy atom. The summed E-state index contributed by atoms with van der Waals surface area (Å²) in [6.07, 6.45) is 1.22. The van der Waals surface area contributed by atoms with E-state index in [0.29, 0.717) is 12.8 Å². The average Bonchev–Trinajstić information content (AvgIpc) is 2.67. The number of amides is 2. The Balaban J connectivity index is 1.68. The maximum atomic E-state index is 12.7. The Hall–Kier alpha value is -3.15. The molecule has 6 heteroatoms. The van der Waals surface area contributed by atoms with Gasteiger partial charge in [0, 0.05) is 31.6 Å². The molecule has 2 aromatic rings. The highest BCUT2D eigenvalue weighted by molar-refractivity contribution is 5.97. The zero-order valence-corrected chi connectivity index (χ0v) is 15.0. The Morgan fingerprint density at radius 3 is 2.44 bits per heavy atom.